The van der Waals surface area contributed by atoms with Crippen molar-refractivity contribution in [1.29, 1.82) is 0 Å². The summed E-state index contributed by atoms with van der Waals surface area (Å²) in [5.74, 6) is 0.797. The monoisotopic (exact) mass is 194 g/mol. The third-order valence-corrected chi connectivity index (χ3v) is 2.51. The molecule has 2 N–H and O–H groups in total. The zero-order valence-corrected chi connectivity index (χ0v) is 8.06. The zero-order chi connectivity index (χ0) is 9.10. The second-order valence-corrected chi connectivity index (χ2v) is 3.96. The molecule has 0 aromatic carbocycles. The predicted octanol–water partition coefficient (Wildman–Crippen LogP) is 1.79. The molecule has 68 valence electrons. The van der Waals surface area contributed by atoms with Crippen LogP contribution in [0.2, 0.25) is 0 Å². The van der Waals surface area contributed by atoms with Gasteiger partial charge in [-0.15, -0.1) is 11.3 Å². The van der Waals surface area contributed by atoms with Gasteiger partial charge in [0.1, 0.15) is 0 Å². The first kappa shape index (κ1) is 8.25. The van der Waals surface area contributed by atoms with Crippen LogP contribution < -0.4 is 5.32 Å². The maximum atomic E-state index is 4.16. The Kier molecular flexibility index (Phi) is 2.27. The summed E-state index contributed by atoms with van der Waals surface area (Å²) in [7, 11) is 0. The fraction of sp³-hybridized carbons (Fsp3) is 0.250. The number of hydrogen-bond acceptors (Lipinski definition) is 4. The Morgan fingerprint density at radius 2 is 2.46 bits per heavy atom. The van der Waals surface area contributed by atoms with Gasteiger partial charge in [0, 0.05) is 23.5 Å². The second-order valence-electron chi connectivity index (χ2n) is 2.64. The highest BCUT2D eigenvalue weighted by Crippen LogP contribution is 2.12. The SMILES string of the molecule is Cc1ncc(CNc2ncc[nH]2)s1. The molecule has 0 radical (unpaired) electrons. The molecule has 0 bridgehead atoms. The van der Waals surface area contributed by atoms with Crippen molar-refractivity contribution in [3.8, 4) is 0 Å². The van der Waals surface area contributed by atoms with Crippen LogP contribution in [0.5, 0.6) is 0 Å². The molecule has 0 aliphatic rings. The summed E-state index contributed by atoms with van der Waals surface area (Å²) in [5, 5.41) is 4.25. The predicted molar refractivity (Wildman–Crippen MR) is 52.8 cm³/mol. The Labute approximate surface area is 80.1 Å². The number of nitrogens with one attached hydrogen (secondary N) is 2. The number of H-pyrrole nitrogens is 1. The van der Waals surface area contributed by atoms with Gasteiger partial charge in [-0.3, -0.25) is 0 Å². The molecule has 2 aromatic rings. The van der Waals surface area contributed by atoms with Gasteiger partial charge in [0.15, 0.2) is 5.95 Å². The first-order chi connectivity index (χ1) is 6.34. The quantitative estimate of drug-likeness (QED) is 0.783. The minimum atomic E-state index is 0.777. The van der Waals surface area contributed by atoms with E-state index < -0.39 is 0 Å². The van der Waals surface area contributed by atoms with Gasteiger partial charge >= 0.3 is 0 Å². The number of aryl methyl sites for hydroxylation is 1. The van der Waals surface area contributed by atoms with Crippen LogP contribution in [0.3, 0.4) is 0 Å². The van der Waals surface area contributed by atoms with Gasteiger partial charge in [-0.25, -0.2) is 9.97 Å². The number of aromatic nitrogens is 3. The van der Waals surface area contributed by atoms with Crippen LogP contribution >= 0.6 is 11.3 Å². The van der Waals surface area contributed by atoms with Crippen LogP contribution in [0.25, 0.3) is 0 Å². The van der Waals surface area contributed by atoms with E-state index in [2.05, 4.69) is 20.3 Å². The standard InChI is InChI=1S/C8H10N4S/c1-6-11-4-7(13-6)5-12-8-9-2-3-10-8/h2-4H,5H2,1H3,(H2,9,10,12). The Hall–Kier alpha value is -1.36. The number of rotatable bonds is 3. The number of anilines is 1. The lowest BCUT2D eigenvalue weighted by atomic mass is 10.5. The molecule has 0 saturated heterocycles. The van der Waals surface area contributed by atoms with Gasteiger partial charge in [0.05, 0.1) is 11.6 Å². The molecular formula is C8H10N4S. The van der Waals surface area contributed by atoms with Crippen molar-refractivity contribution in [2.75, 3.05) is 5.32 Å². The summed E-state index contributed by atoms with van der Waals surface area (Å²) in [6, 6.07) is 0. The molecule has 0 atom stereocenters. The lowest BCUT2D eigenvalue weighted by Crippen LogP contribution is -1.98. The fourth-order valence-electron chi connectivity index (χ4n) is 1.02. The van der Waals surface area contributed by atoms with Crippen molar-refractivity contribution in [2.45, 2.75) is 13.5 Å². The molecule has 2 rings (SSSR count). The van der Waals surface area contributed by atoms with Gasteiger partial charge in [-0.2, -0.15) is 0 Å². The topological polar surface area (TPSA) is 53.6 Å². The van der Waals surface area contributed by atoms with Crippen molar-refractivity contribution >= 4 is 17.3 Å². The van der Waals surface area contributed by atoms with Gasteiger partial charge in [0.2, 0.25) is 0 Å². The van der Waals surface area contributed by atoms with Crippen molar-refractivity contribution in [3.05, 3.63) is 28.5 Å². The second kappa shape index (κ2) is 3.57. The summed E-state index contributed by atoms with van der Waals surface area (Å²) < 4.78 is 0. The molecule has 2 aromatic heterocycles. The number of imidazole rings is 1. The van der Waals surface area contributed by atoms with Gasteiger partial charge < -0.3 is 10.3 Å². The van der Waals surface area contributed by atoms with E-state index >= 15 is 0 Å². The van der Waals surface area contributed by atoms with E-state index in [-0.39, 0.29) is 0 Å². The average Bonchev–Trinajstić information content (AvgIpc) is 2.71. The van der Waals surface area contributed by atoms with Crippen LogP contribution in [-0.2, 0) is 6.54 Å². The number of hydrogen-bond donors (Lipinski definition) is 2. The largest absolute Gasteiger partial charge is 0.351 e. The third-order valence-electron chi connectivity index (χ3n) is 1.60. The highest BCUT2D eigenvalue weighted by molar-refractivity contribution is 7.11. The van der Waals surface area contributed by atoms with Gasteiger partial charge in [0.25, 0.3) is 0 Å². The molecule has 0 saturated carbocycles. The number of aromatic amines is 1. The average molecular weight is 194 g/mol. The first-order valence-electron chi connectivity index (χ1n) is 3.99. The number of nitrogens with zero attached hydrogens (tertiary/aromatic N) is 2. The Morgan fingerprint density at radius 3 is 3.08 bits per heavy atom. The van der Waals surface area contributed by atoms with Crippen LogP contribution in [0, 0.1) is 6.92 Å². The summed E-state index contributed by atoms with van der Waals surface area (Å²) in [4.78, 5) is 12.4. The Balaban J connectivity index is 1.93. The molecular weight excluding hydrogens is 184 g/mol. The smallest absolute Gasteiger partial charge is 0.200 e. The highest BCUT2D eigenvalue weighted by Gasteiger charge is 1.98. The van der Waals surface area contributed by atoms with Crippen LogP contribution in [0.15, 0.2) is 18.6 Å². The van der Waals surface area contributed by atoms with E-state index in [0.29, 0.717) is 0 Å². The first-order valence-corrected chi connectivity index (χ1v) is 4.81. The minimum Gasteiger partial charge on any atom is -0.351 e. The maximum Gasteiger partial charge on any atom is 0.200 e. The minimum absolute atomic E-state index is 0.777. The van der Waals surface area contributed by atoms with Gasteiger partial charge in [-0.05, 0) is 6.92 Å². The van der Waals surface area contributed by atoms with E-state index in [9.17, 15) is 0 Å². The summed E-state index contributed by atoms with van der Waals surface area (Å²) in [6.07, 6.45) is 5.40. The maximum absolute atomic E-state index is 4.16. The molecule has 0 fully saturated rings. The summed E-state index contributed by atoms with van der Waals surface area (Å²) in [6.45, 7) is 2.78. The lowest BCUT2D eigenvalue weighted by molar-refractivity contribution is 1.11. The van der Waals surface area contributed by atoms with Crippen molar-refractivity contribution < 1.29 is 0 Å². The molecule has 0 amide bonds. The Bertz CT molecular complexity index is 365. The van der Waals surface area contributed by atoms with Crippen LogP contribution in [0.1, 0.15) is 9.88 Å². The fourth-order valence-corrected chi connectivity index (χ4v) is 1.75. The van der Waals surface area contributed by atoms with Gasteiger partial charge in [-0.1, -0.05) is 0 Å². The van der Waals surface area contributed by atoms with E-state index in [1.54, 1.807) is 23.7 Å². The third kappa shape index (κ3) is 2.06. The van der Waals surface area contributed by atoms with E-state index in [0.717, 1.165) is 17.5 Å². The number of thiazole rings is 1. The van der Waals surface area contributed by atoms with Crippen molar-refractivity contribution in [3.63, 3.8) is 0 Å². The normalized spacial score (nSPS) is 10.2. The Morgan fingerprint density at radius 1 is 1.54 bits per heavy atom. The van der Waals surface area contributed by atoms with E-state index in [4.69, 9.17) is 0 Å². The van der Waals surface area contributed by atoms with Crippen LogP contribution in [-0.4, -0.2) is 15.0 Å². The van der Waals surface area contributed by atoms with Crippen molar-refractivity contribution in [1.82, 2.24) is 15.0 Å². The molecule has 13 heavy (non-hydrogen) atoms. The summed E-state index contributed by atoms with van der Waals surface area (Å²) in [5.41, 5.74) is 0. The molecule has 0 spiro atoms. The van der Waals surface area contributed by atoms with E-state index in [1.165, 1.54) is 4.88 Å². The zero-order valence-electron chi connectivity index (χ0n) is 7.24. The molecule has 4 nitrogen and oxygen atoms in total. The molecule has 2 heterocycles. The molecule has 0 aliphatic heterocycles. The highest BCUT2D eigenvalue weighted by atomic mass is 32.1. The van der Waals surface area contributed by atoms with Crippen molar-refractivity contribution in [2.24, 2.45) is 0 Å². The molecule has 0 aliphatic carbocycles. The van der Waals surface area contributed by atoms with E-state index in [1.807, 2.05) is 13.1 Å². The molecule has 0 unspecified atom stereocenters. The summed E-state index contributed by atoms with van der Waals surface area (Å²) >= 11 is 1.69. The lowest BCUT2D eigenvalue weighted by Gasteiger charge is -1.97. The molecule has 5 heteroatoms. The van der Waals surface area contributed by atoms with Crippen LogP contribution in [0.4, 0.5) is 5.95 Å².